The van der Waals surface area contributed by atoms with Crippen molar-refractivity contribution in [2.45, 2.75) is 37.8 Å². The summed E-state index contributed by atoms with van der Waals surface area (Å²) in [7, 11) is -3.47. The number of thiophene rings is 1. The normalized spacial score (nSPS) is 12.0. The van der Waals surface area contributed by atoms with Gasteiger partial charge in [-0.3, -0.25) is 0 Å². The van der Waals surface area contributed by atoms with E-state index in [9.17, 15) is 8.42 Å². The minimum absolute atomic E-state index is 0.284. The highest BCUT2D eigenvalue weighted by atomic mass is 32.2. The monoisotopic (exact) mass is 324 g/mol. The van der Waals surface area contributed by atoms with E-state index in [1.165, 1.54) is 16.9 Å². The molecule has 0 amide bonds. The fourth-order valence-corrected chi connectivity index (χ4v) is 4.06. The smallest absolute Gasteiger partial charge is 0.241 e. The van der Waals surface area contributed by atoms with Crippen molar-refractivity contribution in [3.8, 4) is 0 Å². The van der Waals surface area contributed by atoms with Gasteiger partial charge in [0.2, 0.25) is 10.0 Å². The molecular weight excluding hydrogens is 304 g/mol. The van der Waals surface area contributed by atoms with Crippen molar-refractivity contribution in [1.82, 2.24) is 4.72 Å². The first-order chi connectivity index (χ1) is 9.92. The molecule has 6 heteroatoms. The van der Waals surface area contributed by atoms with Crippen LogP contribution in [0.2, 0.25) is 0 Å². The molecular formula is C15H20N2O2S2. The topological polar surface area (TPSA) is 72.2 Å². The zero-order valence-corrected chi connectivity index (χ0v) is 13.8. The van der Waals surface area contributed by atoms with E-state index < -0.39 is 10.0 Å². The molecule has 0 aliphatic rings. The van der Waals surface area contributed by atoms with Crippen molar-refractivity contribution in [3.63, 3.8) is 0 Å². The molecule has 0 atom stereocenters. The third-order valence-electron chi connectivity index (χ3n) is 3.25. The van der Waals surface area contributed by atoms with Crippen LogP contribution in [0, 0.1) is 0 Å². The van der Waals surface area contributed by atoms with Crippen molar-refractivity contribution in [2.24, 2.45) is 5.73 Å². The fraction of sp³-hybridized carbons (Fsp3) is 0.333. The lowest BCUT2D eigenvalue weighted by atomic mass is 10.0. The van der Waals surface area contributed by atoms with Crippen molar-refractivity contribution in [2.75, 3.05) is 0 Å². The minimum Gasteiger partial charge on any atom is -0.326 e. The number of sulfonamides is 1. The number of nitrogens with one attached hydrogen (secondary N) is 1. The molecule has 2 rings (SSSR count). The van der Waals surface area contributed by atoms with E-state index in [-0.39, 0.29) is 11.4 Å². The molecule has 1 heterocycles. The van der Waals surface area contributed by atoms with Gasteiger partial charge in [0.15, 0.2) is 0 Å². The summed E-state index contributed by atoms with van der Waals surface area (Å²) in [5, 5.41) is 1.62. The van der Waals surface area contributed by atoms with Crippen LogP contribution in [0.25, 0.3) is 0 Å². The van der Waals surface area contributed by atoms with Crippen LogP contribution in [0.1, 0.15) is 35.8 Å². The van der Waals surface area contributed by atoms with E-state index in [1.807, 2.05) is 24.3 Å². The van der Waals surface area contributed by atoms with E-state index in [0.29, 0.717) is 12.5 Å². The van der Waals surface area contributed by atoms with Gasteiger partial charge in [-0.1, -0.05) is 38.1 Å². The zero-order valence-electron chi connectivity index (χ0n) is 12.2. The number of benzene rings is 1. The second kappa shape index (κ2) is 6.70. The third kappa shape index (κ3) is 4.14. The van der Waals surface area contributed by atoms with Gasteiger partial charge in [0.25, 0.3) is 0 Å². The first-order valence-corrected chi connectivity index (χ1v) is 9.14. The Balaban J connectivity index is 2.04. The standard InChI is InChI=1S/C15H20N2O2S2/c1-11(2)13-5-3-12(4-6-13)9-17-21(18,19)15-7-14(8-16)20-10-15/h3-7,10-11,17H,8-9,16H2,1-2H3. The van der Waals surface area contributed by atoms with Crippen molar-refractivity contribution in [3.05, 3.63) is 51.7 Å². The number of hydrogen-bond donors (Lipinski definition) is 2. The summed E-state index contributed by atoms with van der Waals surface area (Å²) in [4.78, 5) is 1.14. The van der Waals surface area contributed by atoms with E-state index >= 15 is 0 Å². The van der Waals surface area contributed by atoms with Gasteiger partial charge in [-0.25, -0.2) is 13.1 Å². The lowest BCUT2D eigenvalue weighted by molar-refractivity contribution is 0.581. The molecule has 0 aliphatic carbocycles. The maximum atomic E-state index is 12.2. The molecule has 1 aromatic heterocycles. The molecule has 2 aromatic rings. The van der Waals surface area contributed by atoms with Gasteiger partial charge in [0.05, 0.1) is 4.90 Å². The molecule has 0 radical (unpaired) electrons. The Morgan fingerprint density at radius 3 is 2.43 bits per heavy atom. The van der Waals surface area contributed by atoms with Gasteiger partial charge in [-0.15, -0.1) is 11.3 Å². The van der Waals surface area contributed by atoms with Gasteiger partial charge in [-0.2, -0.15) is 0 Å². The maximum absolute atomic E-state index is 12.2. The van der Waals surface area contributed by atoms with Crippen LogP contribution < -0.4 is 10.5 Å². The molecule has 0 saturated carbocycles. The summed E-state index contributed by atoms with van der Waals surface area (Å²) in [6, 6.07) is 9.60. The van der Waals surface area contributed by atoms with Crippen molar-refractivity contribution in [1.29, 1.82) is 0 Å². The minimum atomic E-state index is -3.47. The second-order valence-corrected chi connectivity index (χ2v) is 7.94. The lowest BCUT2D eigenvalue weighted by Crippen LogP contribution is -2.22. The van der Waals surface area contributed by atoms with Crippen LogP contribution in [0.5, 0.6) is 0 Å². The van der Waals surface area contributed by atoms with Crippen LogP contribution in [0.4, 0.5) is 0 Å². The molecule has 0 spiro atoms. The summed E-state index contributed by atoms with van der Waals surface area (Å²) in [5.41, 5.74) is 7.69. The van der Waals surface area contributed by atoms with Gasteiger partial charge in [0, 0.05) is 23.3 Å². The van der Waals surface area contributed by atoms with Crippen LogP contribution in [-0.4, -0.2) is 8.42 Å². The highest BCUT2D eigenvalue weighted by Gasteiger charge is 2.15. The largest absolute Gasteiger partial charge is 0.326 e. The summed E-state index contributed by atoms with van der Waals surface area (Å²) >= 11 is 1.36. The summed E-state index contributed by atoms with van der Waals surface area (Å²) in [6.45, 7) is 4.90. The Bertz CT molecular complexity index is 689. The molecule has 0 unspecified atom stereocenters. The van der Waals surface area contributed by atoms with Gasteiger partial charge < -0.3 is 5.73 Å². The van der Waals surface area contributed by atoms with Crippen molar-refractivity contribution >= 4 is 21.4 Å². The first-order valence-electron chi connectivity index (χ1n) is 6.78. The van der Waals surface area contributed by atoms with Crippen LogP contribution in [0.3, 0.4) is 0 Å². The molecule has 0 aliphatic heterocycles. The van der Waals surface area contributed by atoms with Crippen LogP contribution in [-0.2, 0) is 23.1 Å². The fourth-order valence-electron chi connectivity index (χ4n) is 1.89. The van der Waals surface area contributed by atoms with Crippen LogP contribution >= 0.6 is 11.3 Å². The molecule has 114 valence electrons. The average molecular weight is 324 g/mol. The predicted molar refractivity (Wildman–Crippen MR) is 86.8 cm³/mol. The Morgan fingerprint density at radius 1 is 1.24 bits per heavy atom. The maximum Gasteiger partial charge on any atom is 0.241 e. The number of rotatable bonds is 6. The highest BCUT2D eigenvalue weighted by molar-refractivity contribution is 7.89. The zero-order chi connectivity index (χ0) is 15.5. The quantitative estimate of drug-likeness (QED) is 0.858. The molecule has 0 saturated heterocycles. The Hall–Kier alpha value is -1.21. The van der Waals surface area contributed by atoms with E-state index in [4.69, 9.17) is 5.73 Å². The first kappa shape index (κ1) is 16.2. The van der Waals surface area contributed by atoms with Crippen molar-refractivity contribution < 1.29 is 8.42 Å². The molecule has 0 fully saturated rings. The SMILES string of the molecule is CC(C)c1ccc(CNS(=O)(=O)c2csc(CN)c2)cc1. The van der Waals surface area contributed by atoms with Gasteiger partial charge >= 0.3 is 0 Å². The third-order valence-corrected chi connectivity index (χ3v) is 5.74. The van der Waals surface area contributed by atoms with Gasteiger partial charge in [-0.05, 0) is 23.1 Å². The molecule has 0 bridgehead atoms. The summed E-state index contributed by atoms with van der Waals surface area (Å²) in [5.74, 6) is 0.469. The highest BCUT2D eigenvalue weighted by Crippen LogP contribution is 2.19. The molecule has 4 nitrogen and oxygen atoms in total. The van der Waals surface area contributed by atoms with E-state index in [1.54, 1.807) is 11.4 Å². The van der Waals surface area contributed by atoms with E-state index in [2.05, 4.69) is 18.6 Å². The van der Waals surface area contributed by atoms with E-state index in [0.717, 1.165) is 10.4 Å². The molecule has 3 N–H and O–H groups in total. The number of nitrogens with two attached hydrogens (primary N) is 1. The second-order valence-electron chi connectivity index (χ2n) is 5.17. The summed E-state index contributed by atoms with van der Waals surface area (Å²) < 4.78 is 26.9. The van der Waals surface area contributed by atoms with Crippen LogP contribution in [0.15, 0.2) is 40.6 Å². The number of hydrogen-bond acceptors (Lipinski definition) is 4. The average Bonchev–Trinajstić information content (AvgIpc) is 2.95. The Morgan fingerprint density at radius 2 is 1.90 bits per heavy atom. The molecule has 1 aromatic carbocycles. The Kier molecular flexibility index (Phi) is 5.16. The van der Waals surface area contributed by atoms with Gasteiger partial charge in [0.1, 0.15) is 0 Å². The Labute approximate surface area is 130 Å². The summed E-state index contributed by atoms with van der Waals surface area (Å²) in [6.07, 6.45) is 0. The molecule has 21 heavy (non-hydrogen) atoms. The lowest BCUT2D eigenvalue weighted by Gasteiger charge is -2.08. The predicted octanol–water partition coefficient (Wildman–Crippen LogP) is 2.81.